The van der Waals surface area contributed by atoms with Gasteiger partial charge in [-0.2, -0.15) is 0 Å². The molecule has 6 nitrogen and oxygen atoms in total. The molecule has 2 aromatic carbocycles. The summed E-state index contributed by atoms with van der Waals surface area (Å²) in [6.07, 6.45) is 4.89. The van der Waals surface area contributed by atoms with Crippen molar-refractivity contribution in [3.63, 3.8) is 0 Å². The lowest BCUT2D eigenvalue weighted by atomic mass is 10.1. The molecule has 25 heavy (non-hydrogen) atoms. The van der Waals surface area contributed by atoms with E-state index in [0.29, 0.717) is 17.3 Å². The number of nitrogens with one attached hydrogen (secondary N) is 1. The Kier molecular flexibility index (Phi) is 2.97. The smallest absolute Gasteiger partial charge is 0.238 e. The Morgan fingerprint density at radius 2 is 1.80 bits per heavy atom. The molecule has 4 aromatic rings. The minimum absolute atomic E-state index is 0.293. The Morgan fingerprint density at radius 3 is 2.72 bits per heavy atom. The highest BCUT2D eigenvalue weighted by Crippen LogP contribution is 2.39. The average Bonchev–Trinajstić information content (AvgIpc) is 2.99. The van der Waals surface area contributed by atoms with Crippen LogP contribution >= 0.6 is 0 Å². The van der Waals surface area contributed by atoms with E-state index in [-0.39, 0.29) is 6.29 Å². The summed E-state index contributed by atoms with van der Waals surface area (Å²) in [5.41, 5.74) is 1.69. The molecule has 0 saturated carbocycles. The van der Waals surface area contributed by atoms with Gasteiger partial charge in [-0.25, -0.2) is 9.97 Å². The Balaban J connectivity index is 1.64. The van der Waals surface area contributed by atoms with Crippen LogP contribution in [-0.2, 0) is 0 Å². The second kappa shape index (κ2) is 5.31. The van der Waals surface area contributed by atoms with Crippen molar-refractivity contribution in [2.75, 3.05) is 5.32 Å². The Hall–Kier alpha value is -3.41. The fourth-order valence-corrected chi connectivity index (χ4v) is 3.07. The number of hydrogen-bond donors (Lipinski definition) is 1. The van der Waals surface area contributed by atoms with Gasteiger partial charge in [0.15, 0.2) is 11.5 Å². The van der Waals surface area contributed by atoms with E-state index in [9.17, 15) is 0 Å². The fraction of sp³-hybridized carbons (Fsp3) is 0.105. The number of ether oxygens (including phenoxy) is 2. The minimum Gasteiger partial charge on any atom is -0.451 e. The highest BCUT2D eigenvalue weighted by Gasteiger charge is 2.22. The molecule has 2 aromatic heterocycles. The summed E-state index contributed by atoms with van der Waals surface area (Å²) in [6.45, 7) is 1.86. The number of hydrogen-bond acceptors (Lipinski definition) is 6. The molecule has 0 radical (unpaired) electrons. The van der Waals surface area contributed by atoms with Gasteiger partial charge in [0.05, 0.1) is 17.4 Å². The molecule has 1 unspecified atom stereocenters. The SMILES string of the molecule is CC1Oc2cc3ncnc(Nc4cncc5ccccc45)c3cc2O1. The van der Waals surface area contributed by atoms with Gasteiger partial charge < -0.3 is 14.8 Å². The first kappa shape index (κ1) is 14.0. The van der Waals surface area contributed by atoms with E-state index < -0.39 is 0 Å². The largest absolute Gasteiger partial charge is 0.451 e. The average molecular weight is 330 g/mol. The van der Waals surface area contributed by atoms with Crippen molar-refractivity contribution in [1.82, 2.24) is 15.0 Å². The third-order valence-electron chi connectivity index (χ3n) is 4.21. The highest BCUT2D eigenvalue weighted by atomic mass is 16.7. The third-order valence-corrected chi connectivity index (χ3v) is 4.21. The van der Waals surface area contributed by atoms with Crippen LogP contribution in [0.2, 0.25) is 0 Å². The molecule has 1 aliphatic heterocycles. The first-order valence-corrected chi connectivity index (χ1v) is 8.00. The molecular weight excluding hydrogens is 316 g/mol. The van der Waals surface area contributed by atoms with Gasteiger partial charge in [0.1, 0.15) is 12.1 Å². The maximum Gasteiger partial charge on any atom is 0.238 e. The second-order valence-electron chi connectivity index (χ2n) is 5.87. The van der Waals surface area contributed by atoms with Crippen molar-refractivity contribution in [3.8, 4) is 11.5 Å². The van der Waals surface area contributed by atoms with E-state index in [1.807, 2.05) is 43.5 Å². The number of pyridine rings is 1. The molecule has 0 amide bonds. The number of benzene rings is 2. The molecule has 0 spiro atoms. The predicted octanol–water partition coefficient (Wildman–Crippen LogP) is 4.04. The predicted molar refractivity (Wildman–Crippen MR) is 95.3 cm³/mol. The summed E-state index contributed by atoms with van der Waals surface area (Å²) in [6, 6.07) is 11.9. The van der Waals surface area contributed by atoms with Gasteiger partial charge in [-0.05, 0) is 6.07 Å². The minimum atomic E-state index is -0.293. The molecule has 1 aliphatic rings. The Morgan fingerprint density at radius 1 is 0.960 bits per heavy atom. The van der Waals surface area contributed by atoms with Gasteiger partial charge in [0.25, 0.3) is 0 Å². The van der Waals surface area contributed by atoms with Crippen LogP contribution in [0.15, 0.2) is 55.1 Å². The normalized spacial score (nSPS) is 15.6. The van der Waals surface area contributed by atoms with Crippen molar-refractivity contribution in [2.45, 2.75) is 13.2 Å². The molecule has 122 valence electrons. The maximum atomic E-state index is 5.67. The molecular formula is C19H14N4O2. The van der Waals surface area contributed by atoms with Crippen molar-refractivity contribution < 1.29 is 9.47 Å². The van der Waals surface area contributed by atoms with Gasteiger partial charge in [0, 0.05) is 35.3 Å². The summed E-state index contributed by atoms with van der Waals surface area (Å²) in [4.78, 5) is 13.1. The second-order valence-corrected chi connectivity index (χ2v) is 5.87. The van der Waals surface area contributed by atoms with Gasteiger partial charge in [0.2, 0.25) is 6.29 Å². The van der Waals surface area contributed by atoms with E-state index in [2.05, 4.69) is 26.3 Å². The first-order valence-electron chi connectivity index (χ1n) is 8.00. The summed E-state index contributed by atoms with van der Waals surface area (Å²) in [5.74, 6) is 2.11. The summed E-state index contributed by atoms with van der Waals surface area (Å²) in [7, 11) is 0. The number of nitrogens with zero attached hydrogens (tertiary/aromatic N) is 3. The topological polar surface area (TPSA) is 69.2 Å². The van der Waals surface area contributed by atoms with Crippen LogP contribution < -0.4 is 14.8 Å². The first-order chi connectivity index (χ1) is 12.3. The molecule has 6 heteroatoms. The fourth-order valence-electron chi connectivity index (χ4n) is 3.07. The lowest BCUT2D eigenvalue weighted by Crippen LogP contribution is -2.11. The number of rotatable bonds is 2. The van der Waals surface area contributed by atoms with E-state index in [1.165, 1.54) is 6.33 Å². The van der Waals surface area contributed by atoms with E-state index in [1.54, 1.807) is 6.20 Å². The third kappa shape index (κ3) is 2.30. The number of anilines is 2. The zero-order valence-electron chi connectivity index (χ0n) is 13.4. The van der Waals surface area contributed by atoms with Crippen molar-refractivity contribution in [1.29, 1.82) is 0 Å². The lowest BCUT2D eigenvalue weighted by Gasteiger charge is -2.11. The highest BCUT2D eigenvalue weighted by molar-refractivity contribution is 5.98. The summed E-state index contributed by atoms with van der Waals surface area (Å²) < 4.78 is 11.3. The van der Waals surface area contributed by atoms with Crippen LogP contribution in [0.1, 0.15) is 6.92 Å². The van der Waals surface area contributed by atoms with Crippen molar-refractivity contribution >= 4 is 33.2 Å². The molecule has 1 N–H and O–H groups in total. The van der Waals surface area contributed by atoms with Crippen molar-refractivity contribution in [3.05, 3.63) is 55.1 Å². The van der Waals surface area contributed by atoms with E-state index in [4.69, 9.17) is 9.47 Å². The zero-order valence-corrected chi connectivity index (χ0v) is 13.4. The van der Waals surface area contributed by atoms with E-state index in [0.717, 1.165) is 27.4 Å². The monoisotopic (exact) mass is 330 g/mol. The van der Waals surface area contributed by atoms with Crippen LogP contribution in [-0.4, -0.2) is 21.2 Å². The maximum absolute atomic E-state index is 5.67. The zero-order chi connectivity index (χ0) is 16.8. The molecule has 0 aliphatic carbocycles. The van der Waals surface area contributed by atoms with Crippen LogP contribution in [0.3, 0.4) is 0 Å². The van der Waals surface area contributed by atoms with Crippen LogP contribution in [0.25, 0.3) is 21.7 Å². The van der Waals surface area contributed by atoms with Crippen LogP contribution in [0.4, 0.5) is 11.5 Å². The van der Waals surface area contributed by atoms with Crippen LogP contribution in [0.5, 0.6) is 11.5 Å². The molecule has 1 atom stereocenters. The quantitative estimate of drug-likeness (QED) is 0.598. The Bertz CT molecular complexity index is 1110. The Labute approximate surface area is 143 Å². The summed E-state index contributed by atoms with van der Waals surface area (Å²) >= 11 is 0. The molecule has 0 fully saturated rings. The van der Waals surface area contributed by atoms with E-state index >= 15 is 0 Å². The number of aromatic nitrogens is 3. The van der Waals surface area contributed by atoms with Gasteiger partial charge in [-0.3, -0.25) is 4.98 Å². The van der Waals surface area contributed by atoms with Gasteiger partial charge in [-0.1, -0.05) is 24.3 Å². The van der Waals surface area contributed by atoms with Crippen LogP contribution in [0, 0.1) is 0 Å². The van der Waals surface area contributed by atoms with Gasteiger partial charge in [-0.15, -0.1) is 0 Å². The number of fused-ring (bicyclic) bond motifs is 3. The molecule has 3 heterocycles. The molecule has 0 saturated heterocycles. The standard InChI is InChI=1S/C19H14N4O2/c1-11-24-17-6-14-15(7-18(17)25-11)21-10-22-19(14)23-16-9-20-8-12-4-2-3-5-13(12)16/h2-11H,1H3,(H,21,22,23). The lowest BCUT2D eigenvalue weighted by molar-refractivity contribution is 0.0679. The summed E-state index contributed by atoms with van der Waals surface area (Å²) in [5, 5.41) is 6.40. The van der Waals surface area contributed by atoms with Gasteiger partial charge >= 0.3 is 0 Å². The van der Waals surface area contributed by atoms with Crippen molar-refractivity contribution in [2.24, 2.45) is 0 Å². The molecule has 0 bridgehead atoms. The molecule has 5 rings (SSSR count).